The highest BCUT2D eigenvalue weighted by molar-refractivity contribution is 6.42. The van der Waals surface area contributed by atoms with E-state index in [1.54, 1.807) is 0 Å². The third-order valence-corrected chi connectivity index (χ3v) is 5.13. The van der Waals surface area contributed by atoms with E-state index in [0.717, 1.165) is 11.1 Å². The number of nitrogens with zero attached hydrogens (tertiary/aromatic N) is 2. The van der Waals surface area contributed by atoms with E-state index in [9.17, 15) is 0 Å². The summed E-state index contributed by atoms with van der Waals surface area (Å²) >= 11 is 12.2. The van der Waals surface area contributed by atoms with Crippen molar-refractivity contribution in [3.05, 3.63) is 57.3 Å². The molecule has 0 fully saturated rings. The molecule has 2 aromatic heterocycles. The van der Waals surface area contributed by atoms with Gasteiger partial charge in [0.05, 0.1) is 16.7 Å². The second kappa shape index (κ2) is 8.51. The molecule has 0 atom stereocenters. The number of aromatic nitrogens is 2. The summed E-state index contributed by atoms with van der Waals surface area (Å²) in [5.74, 6) is 1.13. The number of halogens is 3. The van der Waals surface area contributed by atoms with E-state index in [0.29, 0.717) is 35.0 Å². The van der Waals surface area contributed by atoms with Gasteiger partial charge in [0.25, 0.3) is 0 Å². The van der Waals surface area contributed by atoms with Gasteiger partial charge in [0.2, 0.25) is 5.88 Å². The van der Waals surface area contributed by atoms with E-state index in [2.05, 4.69) is 37.2 Å². The van der Waals surface area contributed by atoms with Crippen molar-refractivity contribution in [3.8, 4) is 5.88 Å². The number of aryl methyl sites for hydroxylation is 1. The Morgan fingerprint density at radius 1 is 1.12 bits per heavy atom. The molecule has 6 heteroatoms. The smallest absolute Gasteiger partial charge is 0.238 e. The third kappa shape index (κ3) is 4.11. The largest absolute Gasteiger partial charge is 0.476 e. The summed E-state index contributed by atoms with van der Waals surface area (Å²) in [6.07, 6.45) is 1.81. The summed E-state index contributed by atoms with van der Waals surface area (Å²) in [5, 5.41) is 2.31. The van der Waals surface area contributed by atoms with Crippen LogP contribution in [0, 0.1) is 19.8 Å². The van der Waals surface area contributed by atoms with Crippen molar-refractivity contribution in [3.63, 3.8) is 0 Å². The Morgan fingerprint density at radius 2 is 1.85 bits per heavy atom. The second-order valence-corrected chi connectivity index (χ2v) is 7.58. The molecule has 0 N–H and O–H groups in total. The van der Waals surface area contributed by atoms with Crippen LogP contribution in [0.25, 0.3) is 10.9 Å². The van der Waals surface area contributed by atoms with Crippen molar-refractivity contribution >= 4 is 46.5 Å². The van der Waals surface area contributed by atoms with Gasteiger partial charge in [-0.05, 0) is 49.1 Å². The van der Waals surface area contributed by atoms with Crippen molar-refractivity contribution in [2.24, 2.45) is 5.92 Å². The second-order valence-electron chi connectivity index (χ2n) is 6.76. The molecule has 0 aliphatic heterocycles. The Kier molecular flexibility index (Phi) is 6.84. The van der Waals surface area contributed by atoms with Crippen molar-refractivity contribution in [1.29, 1.82) is 0 Å². The molecule has 26 heavy (non-hydrogen) atoms. The summed E-state index contributed by atoms with van der Waals surface area (Å²) < 4.78 is 8.23. The summed E-state index contributed by atoms with van der Waals surface area (Å²) in [7, 11) is 0. The molecule has 3 nitrogen and oxygen atoms in total. The Balaban J connectivity index is 0.00000243. The van der Waals surface area contributed by atoms with Crippen LogP contribution in [0.2, 0.25) is 10.0 Å². The first-order chi connectivity index (χ1) is 11.9. The highest BCUT2D eigenvalue weighted by atomic mass is 35.5. The molecule has 0 bridgehead atoms. The van der Waals surface area contributed by atoms with Crippen molar-refractivity contribution < 1.29 is 4.74 Å². The lowest BCUT2D eigenvalue weighted by Gasteiger charge is -2.13. The summed E-state index contributed by atoms with van der Waals surface area (Å²) in [4.78, 5) is 4.48. The zero-order valence-electron chi connectivity index (χ0n) is 15.3. The number of benzene rings is 1. The number of hydrogen-bond acceptors (Lipinski definition) is 2. The monoisotopic (exact) mass is 412 g/mol. The lowest BCUT2D eigenvalue weighted by Crippen LogP contribution is -2.08. The van der Waals surface area contributed by atoms with Crippen LogP contribution in [-0.4, -0.2) is 16.2 Å². The summed E-state index contributed by atoms with van der Waals surface area (Å²) in [5.41, 5.74) is 4.56. The van der Waals surface area contributed by atoms with E-state index < -0.39 is 0 Å². The van der Waals surface area contributed by atoms with Crippen LogP contribution in [0.4, 0.5) is 0 Å². The Labute approximate surface area is 170 Å². The highest BCUT2D eigenvalue weighted by Gasteiger charge is 2.17. The average Bonchev–Trinajstić information content (AvgIpc) is 2.82. The minimum atomic E-state index is 0. The van der Waals surface area contributed by atoms with Gasteiger partial charge in [-0.15, -0.1) is 12.4 Å². The molecule has 0 amide bonds. The van der Waals surface area contributed by atoms with Crippen LogP contribution in [0.15, 0.2) is 30.5 Å². The van der Waals surface area contributed by atoms with Gasteiger partial charge in [0, 0.05) is 23.8 Å². The van der Waals surface area contributed by atoms with Gasteiger partial charge >= 0.3 is 0 Å². The molecule has 0 spiro atoms. The van der Waals surface area contributed by atoms with Crippen LogP contribution < -0.4 is 4.74 Å². The molecule has 0 radical (unpaired) electrons. The van der Waals surface area contributed by atoms with Crippen molar-refractivity contribution in [2.75, 3.05) is 6.61 Å². The molecule has 0 aliphatic carbocycles. The van der Waals surface area contributed by atoms with Gasteiger partial charge in [-0.2, -0.15) is 0 Å². The number of fused-ring (bicyclic) bond motifs is 1. The zero-order chi connectivity index (χ0) is 18.1. The minimum absolute atomic E-state index is 0. The average molecular weight is 414 g/mol. The minimum Gasteiger partial charge on any atom is -0.476 e. The third-order valence-electron chi connectivity index (χ3n) is 4.39. The van der Waals surface area contributed by atoms with Gasteiger partial charge in [0.15, 0.2) is 0 Å². The maximum atomic E-state index is 6.18. The fourth-order valence-corrected chi connectivity index (χ4v) is 3.25. The number of hydrogen-bond donors (Lipinski definition) is 0. The fraction of sp³-hybridized carbons (Fsp3) is 0.350. The Morgan fingerprint density at radius 3 is 2.50 bits per heavy atom. The lowest BCUT2D eigenvalue weighted by molar-refractivity contribution is 0.263. The number of rotatable bonds is 5. The van der Waals surface area contributed by atoms with E-state index in [-0.39, 0.29) is 12.4 Å². The SMILES string of the molecule is Cc1c(C)n(Cc2ccc(Cl)c(Cl)c2)c2c(OCC(C)C)nccc12.Cl. The molecule has 0 saturated carbocycles. The normalized spacial score (nSPS) is 11.0. The molecule has 0 aliphatic rings. The van der Waals surface area contributed by atoms with Crippen LogP contribution in [0.1, 0.15) is 30.7 Å². The van der Waals surface area contributed by atoms with Crippen LogP contribution >= 0.6 is 35.6 Å². The topological polar surface area (TPSA) is 27.1 Å². The quantitative estimate of drug-likeness (QED) is 0.479. The molecule has 140 valence electrons. The number of ether oxygens (including phenoxy) is 1. The first-order valence-electron chi connectivity index (χ1n) is 8.39. The molecule has 2 heterocycles. The number of pyridine rings is 1. The van der Waals surface area contributed by atoms with Crippen molar-refractivity contribution in [1.82, 2.24) is 9.55 Å². The molecular weight excluding hydrogens is 391 g/mol. The van der Waals surface area contributed by atoms with E-state index in [1.165, 1.54) is 16.6 Å². The van der Waals surface area contributed by atoms with E-state index in [1.807, 2.05) is 30.5 Å². The fourth-order valence-electron chi connectivity index (χ4n) is 2.93. The van der Waals surface area contributed by atoms with Crippen LogP contribution in [-0.2, 0) is 6.54 Å². The van der Waals surface area contributed by atoms with Crippen LogP contribution in [0.5, 0.6) is 5.88 Å². The predicted octanol–water partition coefficient (Wildman–Crippen LogP) is 6.46. The summed E-state index contributed by atoms with van der Waals surface area (Å²) in [6, 6.07) is 7.79. The zero-order valence-corrected chi connectivity index (χ0v) is 17.7. The molecule has 3 aromatic rings. The Bertz CT molecular complexity index is 919. The molecule has 0 unspecified atom stereocenters. The molecule has 0 saturated heterocycles. The van der Waals surface area contributed by atoms with Gasteiger partial charge < -0.3 is 9.30 Å². The van der Waals surface area contributed by atoms with Crippen molar-refractivity contribution in [2.45, 2.75) is 34.2 Å². The van der Waals surface area contributed by atoms with Gasteiger partial charge in [-0.3, -0.25) is 0 Å². The van der Waals surface area contributed by atoms with Gasteiger partial charge in [0.1, 0.15) is 5.52 Å². The Hall–Kier alpha value is -1.42. The van der Waals surface area contributed by atoms with Gasteiger partial charge in [-0.25, -0.2) is 4.98 Å². The van der Waals surface area contributed by atoms with E-state index >= 15 is 0 Å². The van der Waals surface area contributed by atoms with Gasteiger partial charge in [-0.1, -0.05) is 43.1 Å². The lowest BCUT2D eigenvalue weighted by atomic mass is 10.2. The molecular formula is C20H23Cl3N2O. The first kappa shape index (κ1) is 20.9. The predicted molar refractivity (Wildman–Crippen MR) is 112 cm³/mol. The summed E-state index contributed by atoms with van der Waals surface area (Å²) in [6.45, 7) is 9.85. The maximum Gasteiger partial charge on any atom is 0.238 e. The maximum absolute atomic E-state index is 6.18. The standard InChI is InChI=1S/C20H22Cl2N2O.ClH/c1-12(2)11-25-20-19-16(7-8-23-20)13(3)14(4)24(19)10-15-5-6-17(21)18(22)9-15;/h5-9,12H,10-11H2,1-4H3;1H. The highest BCUT2D eigenvalue weighted by Crippen LogP contribution is 2.32. The molecule has 1 aromatic carbocycles. The van der Waals surface area contributed by atoms with Crippen LogP contribution in [0.3, 0.4) is 0 Å². The first-order valence-corrected chi connectivity index (χ1v) is 9.15. The molecule has 3 rings (SSSR count). The van der Waals surface area contributed by atoms with E-state index in [4.69, 9.17) is 27.9 Å².